The molecule has 0 aliphatic carbocycles. The fraction of sp³-hybridized carbons (Fsp3) is 0.235. The molecule has 124 valence electrons. The van der Waals surface area contributed by atoms with Crippen LogP contribution in [0.2, 0.25) is 5.15 Å². The van der Waals surface area contributed by atoms with Crippen molar-refractivity contribution >= 4 is 40.1 Å². The first kappa shape index (κ1) is 16.8. The molecule has 2 aromatic rings. The highest BCUT2D eigenvalue weighted by Gasteiger charge is 2.29. The van der Waals surface area contributed by atoms with Gasteiger partial charge in [-0.3, -0.25) is 9.79 Å². The lowest BCUT2D eigenvalue weighted by Crippen LogP contribution is -2.28. The normalized spacial score (nSPS) is 20.3. The quantitative estimate of drug-likeness (QED) is 0.818. The number of aliphatic imine (C=N–C) groups is 1. The third-order valence-corrected chi connectivity index (χ3v) is 4.89. The van der Waals surface area contributed by atoms with E-state index in [2.05, 4.69) is 22.2 Å². The molecule has 5 nitrogen and oxygen atoms in total. The number of thioether (sulfide) groups is 1. The van der Waals surface area contributed by atoms with Gasteiger partial charge in [-0.25, -0.2) is 4.98 Å². The lowest BCUT2D eigenvalue weighted by Gasteiger charge is -2.30. The molecule has 3 rings (SSSR count). The first-order chi connectivity index (χ1) is 11.5. The van der Waals surface area contributed by atoms with E-state index in [1.54, 1.807) is 30.0 Å². The van der Waals surface area contributed by atoms with Crippen LogP contribution >= 0.6 is 23.4 Å². The van der Waals surface area contributed by atoms with Gasteiger partial charge in [-0.2, -0.15) is 0 Å². The van der Waals surface area contributed by atoms with E-state index in [9.17, 15) is 4.79 Å². The van der Waals surface area contributed by atoms with Gasteiger partial charge >= 0.3 is 0 Å². The number of hydrogen-bond acceptors (Lipinski definition) is 5. The van der Waals surface area contributed by atoms with Gasteiger partial charge in [0.25, 0.3) is 5.91 Å². The number of halogens is 1. The Labute approximate surface area is 149 Å². The molecule has 1 amide bonds. The summed E-state index contributed by atoms with van der Waals surface area (Å²) >= 11 is 7.40. The zero-order chi connectivity index (χ0) is 17.2. The van der Waals surface area contributed by atoms with Crippen LogP contribution in [0.3, 0.4) is 0 Å². The van der Waals surface area contributed by atoms with Crippen molar-refractivity contribution in [2.75, 3.05) is 11.1 Å². The summed E-state index contributed by atoms with van der Waals surface area (Å²) in [7, 11) is 0. The Morgan fingerprint density at radius 2 is 2.12 bits per heavy atom. The van der Waals surface area contributed by atoms with Gasteiger partial charge in [-0.05, 0) is 43.2 Å². The van der Waals surface area contributed by atoms with Gasteiger partial charge in [0.05, 0.1) is 5.54 Å². The number of nitrogens with zero attached hydrogens (tertiary/aromatic N) is 2. The van der Waals surface area contributed by atoms with Crippen molar-refractivity contribution in [1.82, 2.24) is 4.98 Å². The summed E-state index contributed by atoms with van der Waals surface area (Å²) in [5.74, 6) is 0.622. The summed E-state index contributed by atoms with van der Waals surface area (Å²) in [6.45, 7) is 2.05. The van der Waals surface area contributed by atoms with Gasteiger partial charge in [-0.1, -0.05) is 41.6 Å². The molecular weight excluding hydrogens is 344 g/mol. The Hall–Kier alpha value is -2.05. The van der Waals surface area contributed by atoms with E-state index in [1.807, 2.05) is 24.3 Å². The minimum Gasteiger partial charge on any atom is -0.379 e. The van der Waals surface area contributed by atoms with Crippen molar-refractivity contribution in [1.29, 1.82) is 0 Å². The zero-order valence-electron chi connectivity index (χ0n) is 13.1. The van der Waals surface area contributed by atoms with Crippen LogP contribution in [-0.2, 0) is 5.54 Å². The van der Waals surface area contributed by atoms with Gasteiger partial charge in [0.2, 0.25) is 0 Å². The molecular formula is C17H17ClN4OS. The second kappa shape index (κ2) is 6.83. The number of carbonyl (C=O) groups is 1. The van der Waals surface area contributed by atoms with Gasteiger partial charge in [0.15, 0.2) is 5.17 Å². The Bertz CT molecular complexity index is 811. The molecule has 0 saturated carbocycles. The van der Waals surface area contributed by atoms with E-state index in [0.717, 1.165) is 17.7 Å². The first-order valence-corrected chi connectivity index (χ1v) is 8.85. The Balaban J connectivity index is 1.83. The van der Waals surface area contributed by atoms with Crippen molar-refractivity contribution in [2.24, 2.45) is 10.7 Å². The second-order valence-electron chi connectivity index (χ2n) is 5.70. The van der Waals surface area contributed by atoms with Gasteiger partial charge < -0.3 is 11.1 Å². The highest BCUT2D eigenvalue weighted by atomic mass is 35.5. The van der Waals surface area contributed by atoms with Crippen LogP contribution in [0.5, 0.6) is 0 Å². The third kappa shape index (κ3) is 3.71. The van der Waals surface area contributed by atoms with Gasteiger partial charge in [0.1, 0.15) is 10.8 Å². The standard InChI is InChI=1S/C17H17ClN4OS/c1-17(8-9-24-16(19)22-17)11-4-2-5-12(10-11)20-15(23)13-6-3-7-14(18)21-13/h2-7,10H,8-9H2,1H3,(H2,19,22)(H,20,23). The van der Waals surface area contributed by atoms with Crippen molar-refractivity contribution in [3.63, 3.8) is 0 Å². The molecule has 1 aromatic carbocycles. The fourth-order valence-electron chi connectivity index (χ4n) is 2.56. The van der Waals surface area contributed by atoms with Crippen LogP contribution in [-0.4, -0.2) is 21.8 Å². The molecule has 1 aromatic heterocycles. The van der Waals surface area contributed by atoms with E-state index in [1.165, 1.54) is 0 Å². The minimum absolute atomic E-state index is 0.274. The number of rotatable bonds is 3. The predicted octanol–water partition coefficient (Wildman–Crippen LogP) is 3.65. The smallest absolute Gasteiger partial charge is 0.274 e. The molecule has 0 fully saturated rings. The Kier molecular flexibility index (Phi) is 4.78. The lowest BCUT2D eigenvalue weighted by atomic mass is 9.89. The number of nitrogens with two attached hydrogens (primary N) is 1. The van der Waals surface area contributed by atoms with Gasteiger partial charge in [-0.15, -0.1) is 0 Å². The largest absolute Gasteiger partial charge is 0.379 e. The maximum Gasteiger partial charge on any atom is 0.274 e. The number of aromatic nitrogens is 1. The van der Waals surface area contributed by atoms with Crippen molar-refractivity contribution in [3.8, 4) is 0 Å². The molecule has 24 heavy (non-hydrogen) atoms. The second-order valence-corrected chi connectivity index (χ2v) is 7.21. The number of amides is 1. The Morgan fingerprint density at radius 1 is 1.33 bits per heavy atom. The molecule has 0 bridgehead atoms. The van der Waals surface area contributed by atoms with Crippen LogP contribution in [0.1, 0.15) is 29.4 Å². The van der Waals surface area contributed by atoms with E-state index >= 15 is 0 Å². The topological polar surface area (TPSA) is 80.4 Å². The lowest BCUT2D eigenvalue weighted by molar-refractivity contribution is 0.102. The van der Waals surface area contributed by atoms with Crippen LogP contribution in [0.15, 0.2) is 47.5 Å². The van der Waals surface area contributed by atoms with Crippen LogP contribution in [0.25, 0.3) is 0 Å². The molecule has 1 aliphatic heterocycles. The van der Waals surface area contributed by atoms with Crippen LogP contribution in [0.4, 0.5) is 5.69 Å². The number of hydrogen-bond donors (Lipinski definition) is 2. The maximum atomic E-state index is 12.3. The predicted molar refractivity (Wildman–Crippen MR) is 99.7 cm³/mol. The SMILES string of the molecule is CC1(c2cccc(NC(=O)c3cccc(Cl)n3)c2)CCSC(N)=N1. The molecule has 2 heterocycles. The molecule has 1 aliphatic rings. The summed E-state index contributed by atoms with van der Waals surface area (Å²) in [5.41, 5.74) is 7.49. The van der Waals surface area contributed by atoms with Crippen molar-refractivity contribution < 1.29 is 4.79 Å². The Morgan fingerprint density at radius 3 is 2.88 bits per heavy atom. The minimum atomic E-state index is -0.371. The first-order valence-electron chi connectivity index (χ1n) is 7.49. The zero-order valence-corrected chi connectivity index (χ0v) is 14.7. The monoisotopic (exact) mass is 360 g/mol. The maximum absolute atomic E-state index is 12.3. The number of pyridine rings is 1. The number of anilines is 1. The average molecular weight is 361 g/mol. The summed E-state index contributed by atoms with van der Waals surface area (Å²) in [6.07, 6.45) is 0.894. The summed E-state index contributed by atoms with van der Waals surface area (Å²) in [6, 6.07) is 12.6. The highest BCUT2D eigenvalue weighted by Crippen LogP contribution is 2.35. The fourth-order valence-corrected chi connectivity index (χ4v) is 3.69. The molecule has 1 atom stereocenters. The number of nitrogens with one attached hydrogen (secondary N) is 1. The number of benzene rings is 1. The van der Waals surface area contributed by atoms with Crippen LogP contribution < -0.4 is 11.1 Å². The van der Waals surface area contributed by atoms with E-state index in [-0.39, 0.29) is 22.3 Å². The molecule has 7 heteroatoms. The molecule has 1 unspecified atom stereocenters. The van der Waals surface area contributed by atoms with E-state index in [0.29, 0.717) is 10.9 Å². The van der Waals surface area contributed by atoms with Crippen molar-refractivity contribution in [3.05, 3.63) is 58.9 Å². The third-order valence-electron chi connectivity index (χ3n) is 3.89. The summed E-state index contributed by atoms with van der Waals surface area (Å²) in [4.78, 5) is 20.9. The van der Waals surface area contributed by atoms with Gasteiger partial charge in [0, 0.05) is 11.4 Å². The average Bonchev–Trinajstić information content (AvgIpc) is 2.55. The molecule has 0 spiro atoms. The molecule has 0 saturated heterocycles. The number of carbonyl (C=O) groups excluding carboxylic acids is 1. The molecule has 3 N–H and O–H groups in total. The number of amidine groups is 1. The van der Waals surface area contributed by atoms with Crippen molar-refractivity contribution in [2.45, 2.75) is 18.9 Å². The van der Waals surface area contributed by atoms with Crippen LogP contribution in [0, 0.1) is 0 Å². The summed E-state index contributed by atoms with van der Waals surface area (Å²) in [5, 5.41) is 3.73. The molecule has 0 radical (unpaired) electrons. The van der Waals surface area contributed by atoms with E-state index in [4.69, 9.17) is 17.3 Å². The van der Waals surface area contributed by atoms with E-state index < -0.39 is 0 Å². The highest BCUT2D eigenvalue weighted by molar-refractivity contribution is 8.13. The summed E-state index contributed by atoms with van der Waals surface area (Å²) < 4.78 is 0.